The van der Waals surface area contributed by atoms with E-state index in [1.807, 2.05) is 0 Å². The number of aliphatic hydroxyl groups excluding tert-OH is 1. The van der Waals surface area contributed by atoms with Gasteiger partial charge in [0, 0.05) is 5.41 Å². The summed E-state index contributed by atoms with van der Waals surface area (Å²) in [6.45, 7) is -0.759. The first-order valence-corrected chi connectivity index (χ1v) is 10.3. The summed E-state index contributed by atoms with van der Waals surface area (Å²) in [6.07, 6.45) is -7.11. The predicted molar refractivity (Wildman–Crippen MR) is 105 cm³/mol. The van der Waals surface area contributed by atoms with Crippen molar-refractivity contribution < 1.29 is 41.3 Å². The quantitative estimate of drug-likeness (QED) is 0.490. The number of hydrogen-bond acceptors (Lipinski definition) is 3. The van der Waals surface area contributed by atoms with Crippen molar-refractivity contribution in [3.8, 4) is 5.75 Å². The van der Waals surface area contributed by atoms with Crippen LogP contribution in [0.5, 0.6) is 5.75 Å². The molecule has 0 amide bonds. The van der Waals surface area contributed by atoms with Crippen LogP contribution in [0.15, 0.2) is 42.5 Å². The summed E-state index contributed by atoms with van der Waals surface area (Å²) in [5, 5.41) is 19.3. The Balaban J connectivity index is 1.92. The van der Waals surface area contributed by atoms with Gasteiger partial charge >= 0.3 is 12.4 Å². The molecule has 0 saturated heterocycles. The maximum Gasteiger partial charge on any atom is 0.416 e. The van der Waals surface area contributed by atoms with Crippen molar-refractivity contribution in [3.63, 3.8) is 0 Å². The molecule has 0 spiro atoms. The number of rotatable bonds is 6. The standard InChI is InChI=1S/C23H24F6O3/c24-22(25,26)17-10-15(11-18(12-17)23(27,28)29)20(13-30)32-14-21(8-2-1-3-9-21)16-4-6-19(31)7-5-16/h4-7,10-12,20,30-31H,1-3,8-9,13-14H2/t20-/m1/s1. The van der Waals surface area contributed by atoms with Crippen molar-refractivity contribution in [1.82, 2.24) is 0 Å². The maximum absolute atomic E-state index is 13.2. The number of ether oxygens (including phenoxy) is 1. The number of halogens is 6. The predicted octanol–water partition coefficient (Wildman–Crippen LogP) is 6.38. The van der Waals surface area contributed by atoms with Gasteiger partial charge < -0.3 is 14.9 Å². The molecule has 0 aromatic heterocycles. The lowest BCUT2D eigenvalue weighted by Gasteiger charge is -2.38. The molecular weight excluding hydrogens is 438 g/mol. The number of alkyl halides is 6. The zero-order valence-electron chi connectivity index (χ0n) is 17.1. The lowest BCUT2D eigenvalue weighted by molar-refractivity contribution is -0.143. The summed E-state index contributed by atoms with van der Waals surface area (Å²) in [7, 11) is 0. The van der Waals surface area contributed by atoms with E-state index in [0.29, 0.717) is 25.0 Å². The molecule has 0 unspecified atom stereocenters. The molecule has 1 aliphatic rings. The summed E-state index contributed by atoms with van der Waals surface area (Å²) in [5.74, 6) is 0.0810. The summed E-state index contributed by atoms with van der Waals surface area (Å²) >= 11 is 0. The first-order valence-electron chi connectivity index (χ1n) is 10.3. The highest BCUT2D eigenvalue weighted by atomic mass is 19.4. The minimum Gasteiger partial charge on any atom is -0.508 e. The second-order valence-corrected chi connectivity index (χ2v) is 8.21. The van der Waals surface area contributed by atoms with Crippen LogP contribution in [0.4, 0.5) is 26.3 Å². The SMILES string of the molecule is OC[C@@H](OCC1(c2ccc(O)cc2)CCCCC1)c1cc(C(F)(F)F)cc(C(F)(F)F)c1. The van der Waals surface area contributed by atoms with Crippen LogP contribution in [0.3, 0.4) is 0 Å². The van der Waals surface area contributed by atoms with E-state index in [1.165, 1.54) is 12.1 Å². The van der Waals surface area contributed by atoms with Gasteiger partial charge in [-0.1, -0.05) is 31.4 Å². The number of aromatic hydroxyl groups is 1. The molecule has 1 saturated carbocycles. The zero-order chi connectivity index (χ0) is 23.6. The van der Waals surface area contributed by atoms with E-state index in [4.69, 9.17) is 4.74 Å². The first kappa shape index (κ1) is 24.4. The van der Waals surface area contributed by atoms with E-state index in [1.54, 1.807) is 12.1 Å². The minimum absolute atomic E-state index is 0.0145. The first-order chi connectivity index (χ1) is 14.9. The summed E-state index contributed by atoms with van der Waals surface area (Å²) in [6, 6.07) is 7.76. The van der Waals surface area contributed by atoms with Gasteiger partial charge in [-0.3, -0.25) is 0 Å². The Morgan fingerprint density at radius 1 is 0.844 bits per heavy atom. The van der Waals surface area contributed by atoms with Crippen LogP contribution in [0.1, 0.15) is 60.5 Å². The number of hydrogen-bond donors (Lipinski definition) is 2. The highest BCUT2D eigenvalue weighted by molar-refractivity contribution is 5.35. The average Bonchev–Trinajstić information content (AvgIpc) is 2.74. The third-order valence-electron chi connectivity index (χ3n) is 6.00. The Morgan fingerprint density at radius 2 is 1.38 bits per heavy atom. The van der Waals surface area contributed by atoms with Crippen LogP contribution < -0.4 is 0 Å². The van der Waals surface area contributed by atoms with Gasteiger partial charge in [0.25, 0.3) is 0 Å². The van der Waals surface area contributed by atoms with Gasteiger partial charge in [0.15, 0.2) is 0 Å². The van der Waals surface area contributed by atoms with Crippen molar-refractivity contribution in [3.05, 3.63) is 64.7 Å². The second-order valence-electron chi connectivity index (χ2n) is 8.21. The summed E-state index contributed by atoms with van der Waals surface area (Å²) in [5.41, 5.74) is -2.92. The highest BCUT2D eigenvalue weighted by Crippen LogP contribution is 2.42. The van der Waals surface area contributed by atoms with E-state index in [9.17, 15) is 36.6 Å². The second kappa shape index (κ2) is 9.31. The average molecular weight is 462 g/mol. The number of aliphatic hydroxyl groups is 1. The fraction of sp³-hybridized carbons (Fsp3) is 0.478. The van der Waals surface area contributed by atoms with Gasteiger partial charge in [0.1, 0.15) is 11.9 Å². The van der Waals surface area contributed by atoms with Gasteiger partial charge in [-0.15, -0.1) is 0 Å². The Hall–Kier alpha value is -2.26. The molecule has 1 aliphatic carbocycles. The Bertz CT molecular complexity index is 867. The molecule has 176 valence electrons. The largest absolute Gasteiger partial charge is 0.508 e. The maximum atomic E-state index is 13.2. The number of phenolic OH excluding ortho intramolecular Hbond substituents is 1. The molecule has 9 heteroatoms. The number of benzene rings is 2. The molecule has 1 fully saturated rings. The smallest absolute Gasteiger partial charge is 0.416 e. The molecule has 2 aromatic rings. The molecule has 2 N–H and O–H groups in total. The van der Waals surface area contributed by atoms with Crippen molar-refractivity contribution in [2.24, 2.45) is 0 Å². The molecule has 3 rings (SSSR count). The molecule has 0 bridgehead atoms. The van der Waals surface area contributed by atoms with E-state index in [0.717, 1.165) is 24.8 Å². The van der Waals surface area contributed by atoms with E-state index in [2.05, 4.69) is 0 Å². The fourth-order valence-electron chi connectivity index (χ4n) is 4.24. The number of phenols is 1. The van der Waals surface area contributed by atoms with Gasteiger partial charge in [0.2, 0.25) is 0 Å². The lowest BCUT2D eigenvalue weighted by Crippen LogP contribution is -2.35. The fourth-order valence-corrected chi connectivity index (χ4v) is 4.24. The topological polar surface area (TPSA) is 49.7 Å². The van der Waals surface area contributed by atoms with Crippen LogP contribution in [0, 0.1) is 0 Å². The van der Waals surface area contributed by atoms with Crippen molar-refractivity contribution in [2.75, 3.05) is 13.2 Å². The van der Waals surface area contributed by atoms with E-state index >= 15 is 0 Å². The Labute approximate surface area is 181 Å². The molecule has 3 nitrogen and oxygen atoms in total. The Morgan fingerprint density at radius 3 is 1.84 bits per heavy atom. The Kier molecular flexibility index (Phi) is 7.09. The molecule has 1 atom stereocenters. The van der Waals surface area contributed by atoms with Crippen LogP contribution in [0.2, 0.25) is 0 Å². The summed E-state index contributed by atoms with van der Waals surface area (Å²) in [4.78, 5) is 0. The molecular formula is C23H24F6O3. The highest BCUT2D eigenvalue weighted by Gasteiger charge is 2.39. The van der Waals surface area contributed by atoms with Crippen LogP contribution in [-0.4, -0.2) is 23.4 Å². The minimum atomic E-state index is -4.98. The monoisotopic (exact) mass is 462 g/mol. The van der Waals surface area contributed by atoms with Gasteiger partial charge in [-0.25, -0.2) is 0 Å². The third kappa shape index (κ3) is 5.56. The molecule has 0 heterocycles. The molecule has 32 heavy (non-hydrogen) atoms. The molecule has 0 aliphatic heterocycles. The van der Waals surface area contributed by atoms with Crippen molar-refractivity contribution in [1.29, 1.82) is 0 Å². The normalized spacial score (nSPS) is 17.8. The van der Waals surface area contributed by atoms with E-state index < -0.39 is 41.6 Å². The zero-order valence-corrected chi connectivity index (χ0v) is 17.1. The van der Waals surface area contributed by atoms with Crippen LogP contribution >= 0.6 is 0 Å². The molecule has 2 aromatic carbocycles. The van der Waals surface area contributed by atoms with E-state index in [-0.39, 0.29) is 24.0 Å². The van der Waals surface area contributed by atoms with Crippen LogP contribution in [-0.2, 0) is 22.5 Å². The van der Waals surface area contributed by atoms with Crippen LogP contribution in [0.25, 0.3) is 0 Å². The summed E-state index contributed by atoms with van der Waals surface area (Å²) < 4.78 is 85.0. The lowest BCUT2D eigenvalue weighted by atomic mass is 9.70. The van der Waals surface area contributed by atoms with Gasteiger partial charge in [0.05, 0.1) is 24.3 Å². The van der Waals surface area contributed by atoms with Gasteiger partial charge in [-0.05, 0) is 54.3 Å². The third-order valence-corrected chi connectivity index (χ3v) is 6.00. The molecule has 0 radical (unpaired) electrons. The van der Waals surface area contributed by atoms with Crippen molar-refractivity contribution >= 4 is 0 Å². The van der Waals surface area contributed by atoms with Crippen molar-refractivity contribution in [2.45, 2.75) is 56.0 Å². The van der Waals surface area contributed by atoms with Gasteiger partial charge in [-0.2, -0.15) is 26.3 Å².